The van der Waals surface area contributed by atoms with Gasteiger partial charge in [0.2, 0.25) is 0 Å². The summed E-state index contributed by atoms with van der Waals surface area (Å²) in [5, 5.41) is 0. The van der Waals surface area contributed by atoms with Gasteiger partial charge in [-0.05, 0) is 61.4 Å². The third kappa shape index (κ3) is 2.13. The lowest BCUT2D eigenvalue weighted by atomic mass is 9.90. The number of aldehydes is 1. The van der Waals surface area contributed by atoms with E-state index in [1.807, 2.05) is 29.8 Å². The molecule has 1 aliphatic rings. The van der Waals surface area contributed by atoms with E-state index in [0.29, 0.717) is 5.56 Å². The van der Waals surface area contributed by atoms with Gasteiger partial charge >= 0.3 is 0 Å². The van der Waals surface area contributed by atoms with Crippen LogP contribution in [0.15, 0.2) is 36.7 Å². The predicted octanol–water partition coefficient (Wildman–Crippen LogP) is 4.00. The lowest BCUT2D eigenvalue weighted by Gasteiger charge is -2.15. The van der Waals surface area contributed by atoms with Crippen molar-refractivity contribution in [2.75, 3.05) is 0 Å². The molecule has 0 radical (unpaired) electrons. The topological polar surface area (TPSA) is 34.4 Å². The number of carbonyl (C=O) groups excluding carboxylic acids is 1. The zero-order valence-corrected chi connectivity index (χ0v) is 12.7. The number of aromatic nitrogens is 2. The number of aryl methyl sites for hydroxylation is 3. The van der Waals surface area contributed by atoms with E-state index < -0.39 is 0 Å². The van der Waals surface area contributed by atoms with Crippen molar-refractivity contribution in [1.29, 1.82) is 0 Å². The molecule has 0 spiro atoms. The predicted molar refractivity (Wildman–Crippen MR) is 87.4 cm³/mol. The second-order valence-corrected chi connectivity index (χ2v) is 6.12. The fourth-order valence-corrected chi connectivity index (χ4v) is 3.39. The van der Waals surface area contributed by atoms with E-state index in [1.54, 1.807) is 0 Å². The van der Waals surface area contributed by atoms with Gasteiger partial charge in [0.25, 0.3) is 0 Å². The first-order chi connectivity index (χ1) is 10.7. The molecule has 3 aromatic rings. The third-order valence-electron chi connectivity index (χ3n) is 4.54. The van der Waals surface area contributed by atoms with Gasteiger partial charge in [-0.25, -0.2) is 4.98 Å². The number of pyridine rings is 1. The summed E-state index contributed by atoms with van der Waals surface area (Å²) in [7, 11) is 0. The van der Waals surface area contributed by atoms with E-state index in [2.05, 4.69) is 18.2 Å². The van der Waals surface area contributed by atoms with Crippen LogP contribution < -0.4 is 0 Å². The third-order valence-corrected chi connectivity index (χ3v) is 4.54. The molecule has 4 rings (SSSR count). The Labute approximate surface area is 129 Å². The molecule has 3 heteroatoms. The summed E-state index contributed by atoms with van der Waals surface area (Å²) < 4.78 is 1.95. The van der Waals surface area contributed by atoms with Crippen LogP contribution in [0, 0.1) is 6.92 Å². The molecule has 1 aliphatic carbocycles. The number of imidazole rings is 1. The zero-order valence-electron chi connectivity index (χ0n) is 12.7. The lowest BCUT2D eigenvalue weighted by molar-refractivity contribution is 0.112. The van der Waals surface area contributed by atoms with Crippen LogP contribution in [0.3, 0.4) is 0 Å². The number of carbonyl (C=O) groups is 1. The van der Waals surface area contributed by atoms with E-state index in [-0.39, 0.29) is 0 Å². The van der Waals surface area contributed by atoms with Crippen LogP contribution in [0.25, 0.3) is 16.9 Å². The van der Waals surface area contributed by atoms with Crippen LogP contribution in [0.4, 0.5) is 0 Å². The molecule has 0 amide bonds. The highest BCUT2D eigenvalue weighted by Gasteiger charge is 2.12. The van der Waals surface area contributed by atoms with Crippen molar-refractivity contribution < 1.29 is 4.79 Å². The van der Waals surface area contributed by atoms with Gasteiger partial charge in [0.05, 0.1) is 5.69 Å². The van der Waals surface area contributed by atoms with Gasteiger partial charge in [-0.3, -0.25) is 4.79 Å². The van der Waals surface area contributed by atoms with E-state index in [1.165, 1.54) is 36.8 Å². The minimum atomic E-state index is 0.680. The molecule has 0 bridgehead atoms. The number of hydrogen-bond acceptors (Lipinski definition) is 2. The Morgan fingerprint density at radius 1 is 1.09 bits per heavy atom. The van der Waals surface area contributed by atoms with Crippen molar-refractivity contribution in [3.63, 3.8) is 0 Å². The van der Waals surface area contributed by atoms with Crippen LogP contribution in [0.2, 0.25) is 0 Å². The quantitative estimate of drug-likeness (QED) is 0.668. The van der Waals surface area contributed by atoms with Crippen LogP contribution in [-0.4, -0.2) is 15.7 Å². The maximum atomic E-state index is 11.0. The van der Waals surface area contributed by atoms with Crippen molar-refractivity contribution in [3.8, 4) is 11.3 Å². The molecule has 0 aliphatic heterocycles. The highest BCUT2D eigenvalue weighted by molar-refractivity contribution is 5.76. The smallest absolute Gasteiger partial charge is 0.151 e. The van der Waals surface area contributed by atoms with Crippen LogP contribution in [-0.2, 0) is 12.8 Å². The molecule has 3 nitrogen and oxygen atoms in total. The standard InChI is InChI=1S/C19H18N2O/c1-13-8-14(12-22)10-21-11-18(20-19(13)21)17-7-6-15-4-2-3-5-16(15)9-17/h6-12H,2-5H2,1H3. The number of benzene rings is 1. The summed E-state index contributed by atoms with van der Waals surface area (Å²) in [6, 6.07) is 8.58. The second-order valence-electron chi connectivity index (χ2n) is 6.12. The molecule has 0 fully saturated rings. The Bertz CT molecular complexity index is 877. The number of hydrogen-bond donors (Lipinski definition) is 0. The van der Waals surface area contributed by atoms with Gasteiger partial charge in [-0.15, -0.1) is 0 Å². The monoisotopic (exact) mass is 290 g/mol. The summed E-state index contributed by atoms with van der Waals surface area (Å²) in [6.07, 6.45) is 9.68. The van der Waals surface area contributed by atoms with E-state index >= 15 is 0 Å². The molecule has 0 atom stereocenters. The van der Waals surface area contributed by atoms with Crippen molar-refractivity contribution in [2.45, 2.75) is 32.6 Å². The van der Waals surface area contributed by atoms with Gasteiger partial charge in [0, 0.05) is 23.5 Å². The van der Waals surface area contributed by atoms with E-state index in [4.69, 9.17) is 4.98 Å². The van der Waals surface area contributed by atoms with Gasteiger partial charge in [0.1, 0.15) is 5.65 Å². The summed E-state index contributed by atoms with van der Waals surface area (Å²) in [5.41, 5.74) is 7.70. The molecular formula is C19H18N2O. The number of nitrogens with zero attached hydrogens (tertiary/aromatic N) is 2. The van der Waals surface area contributed by atoms with Gasteiger partial charge in [0.15, 0.2) is 6.29 Å². The largest absolute Gasteiger partial charge is 0.306 e. The van der Waals surface area contributed by atoms with Crippen LogP contribution in [0.5, 0.6) is 0 Å². The van der Waals surface area contributed by atoms with Crippen molar-refractivity contribution in [3.05, 3.63) is 58.9 Å². The first-order valence-electron chi connectivity index (χ1n) is 7.81. The lowest BCUT2D eigenvalue weighted by Crippen LogP contribution is -2.02. The fourth-order valence-electron chi connectivity index (χ4n) is 3.39. The van der Waals surface area contributed by atoms with E-state index in [9.17, 15) is 4.79 Å². The maximum Gasteiger partial charge on any atom is 0.151 e. The van der Waals surface area contributed by atoms with Crippen molar-refractivity contribution >= 4 is 11.9 Å². The highest BCUT2D eigenvalue weighted by atomic mass is 16.1. The number of fused-ring (bicyclic) bond motifs is 2. The van der Waals surface area contributed by atoms with Gasteiger partial charge < -0.3 is 4.40 Å². The Morgan fingerprint density at radius 3 is 2.73 bits per heavy atom. The van der Waals surface area contributed by atoms with Crippen LogP contribution >= 0.6 is 0 Å². The average molecular weight is 290 g/mol. The molecule has 2 heterocycles. The van der Waals surface area contributed by atoms with Gasteiger partial charge in [-0.2, -0.15) is 0 Å². The second kappa shape index (κ2) is 5.09. The van der Waals surface area contributed by atoms with Crippen molar-refractivity contribution in [1.82, 2.24) is 9.38 Å². The molecule has 0 saturated heterocycles. The Hall–Kier alpha value is -2.42. The molecule has 0 N–H and O–H groups in total. The SMILES string of the molecule is Cc1cc(C=O)cn2cc(-c3ccc4c(c3)CCCC4)nc12. The maximum absolute atomic E-state index is 11.0. The molecule has 1 aromatic carbocycles. The highest BCUT2D eigenvalue weighted by Crippen LogP contribution is 2.27. The molecule has 2 aromatic heterocycles. The Morgan fingerprint density at radius 2 is 1.91 bits per heavy atom. The first kappa shape index (κ1) is 13.3. The first-order valence-corrected chi connectivity index (χ1v) is 7.81. The van der Waals surface area contributed by atoms with E-state index in [0.717, 1.165) is 28.8 Å². The van der Waals surface area contributed by atoms with Crippen LogP contribution in [0.1, 0.15) is 39.9 Å². The summed E-state index contributed by atoms with van der Waals surface area (Å²) >= 11 is 0. The fraction of sp³-hybridized carbons (Fsp3) is 0.263. The Balaban J connectivity index is 1.84. The minimum Gasteiger partial charge on any atom is -0.306 e. The molecule has 0 unspecified atom stereocenters. The summed E-state index contributed by atoms with van der Waals surface area (Å²) in [5.74, 6) is 0. The summed E-state index contributed by atoms with van der Waals surface area (Å²) in [4.78, 5) is 15.8. The molecule has 110 valence electrons. The molecule has 22 heavy (non-hydrogen) atoms. The number of rotatable bonds is 2. The van der Waals surface area contributed by atoms with Gasteiger partial charge in [-0.1, -0.05) is 12.1 Å². The average Bonchev–Trinajstić information content (AvgIpc) is 2.99. The normalized spacial score (nSPS) is 14.0. The molecule has 0 saturated carbocycles. The Kier molecular flexibility index (Phi) is 3.07. The minimum absolute atomic E-state index is 0.680. The zero-order chi connectivity index (χ0) is 15.1. The van der Waals surface area contributed by atoms with Crippen molar-refractivity contribution in [2.24, 2.45) is 0 Å². The summed E-state index contributed by atoms with van der Waals surface area (Å²) in [6.45, 7) is 1.99. The molecular weight excluding hydrogens is 272 g/mol.